The number of H-pyrrole nitrogens is 2. The second-order valence-electron chi connectivity index (χ2n) is 5.88. The minimum Gasteiger partial charge on any atom is -0.494 e. The Bertz CT molecular complexity index is 1140. The van der Waals surface area contributed by atoms with E-state index in [0.717, 1.165) is 21.9 Å². The molecule has 0 saturated carbocycles. The van der Waals surface area contributed by atoms with Crippen LogP contribution in [0.3, 0.4) is 0 Å². The highest BCUT2D eigenvalue weighted by Gasteiger charge is 2.15. The van der Waals surface area contributed by atoms with Gasteiger partial charge in [0, 0.05) is 6.07 Å². The Morgan fingerprint density at radius 2 is 1.96 bits per heavy atom. The summed E-state index contributed by atoms with van der Waals surface area (Å²) in [5, 5.41) is 1.32. The van der Waals surface area contributed by atoms with Crippen LogP contribution in [0, 0.1) is 0 Å². The van der Waals surface area contributed by atoms with E-state index < -0.39 is 0 Å². The van der Waals surface area contributed by atoms with Crippen LogP contribution in [0.2, 0.25) is 0 Å². The number of thioether (sulfide) groups is 1. The molecule has 0 saturated heterocycles. The summed E-state index contributed by atoms with van der Waals surface area (Å²) in [6.45, 7) is 4.58. The third kappa shape index (κ3) is 3.17. The number of imidazole rings is 1. The molecule has 26 heavy (non-hydrogen) atoms. The molecule has 2 N–H and O–H groups in total. The number of rotatable bonds is 5. The molecule has 2 aromatic heterocycles. The fraction of sp³-hybridized carbons (Fsp3) is 0.211. The lowest BCUT2D eigenvalue weighted by Crippen LogP contribution is -2.12. The van der Waals surface area contributed by atoms with Crippen LogP contribution < -0.4 is 10.3 Å². The van der Waals surface area contributed by atoms with Gasteiger partial charge in [0.1, 0.15) is 11.6 Å². The molecule has 0 aliphatic carbocycles. The zero-order valence-corrected chi connectivity index (χ0v) is 15.3. The maximum absolute atomic E-state index is 12.3. The maximum atomic E-state index is 12.3. The molecule has 0 aliphatic heterocycles. The molecule has 7 heteroatoms. The number of aromatic amines is 2. The maximum Gasteiger partial charge on any atom is 0.258 e. The van der Waals surface area contributed by atoms with E-state index in [1.807, 2.05) is 50.2 Å². The van der Waals surface area contributed by atoms with Crippen LogP contribution in [0.15, 0.2) is 52.4 Å². The van der Waals surface area contributed by atoms with E-state index in [9.17, 15) is 4.79 Å². The van der Waals surface area contributed by atoms with Crippen molar-refractivity contribution < 1.29 is 4.74 Å². The predicted octanol–water partition coefficient (Wildman–Crippen LogP) is 4.05. The highest BCUT2D eigenvalue weighted by molar-refractivity contribution is 7.99. The number of hydrogen-bond acceptors (Lipinski definition) is 5. The van der Waals surface area contributed by atoms with Crippen molar-refractivity contribution in [3.63, 3.8) is 0 Å². The number of nitrogens with one attached hydrogen (secondary N) is 2. The minimum atomic E-state index is -0.121. The van der Waals surface area contributed by atoms with Crippen molar-refractivity contribution in [1.29, 1.82) is 0 Å². The first-order valence-corrected chi connectivity index (χ1v) is 9.30. The van der Waals surface area contributed by atoms with Crippen molar-refractivity contribution in [2.45, 2.75) is 24.3 Å². The Kier molecular flexibility index (Phi) is 4.38. The molecule has 2 heterocycles. The summed E-state index contributed by atoms with van der Waals surface area (Å²) in [5.74, 6) is 1.45. The van der Waals surface area contributed by atoms with Crippen LogP contribution in [0.25, 0.3) is 21.9 Å². The Morgan fingerprint density at radius 3 is 2.81 bits per heavy atom. The van der Waals surface area contributed by atoms with Gasteiger partial charge >= 0.3 is 0 Å². The summed E-state index contributed by atoms with van der Waals surface area (Å²) in [6, 6.07) is 13.1. The first-order chi connectivity index (χ1) is 12.6. The second-order valence-corrected chi connectivity index (χ2v) is 7.21. The SMILES string of the molecule is CCOc1ccc2nc(SC(C)c3nc4ccccc4c(=O)[nH]3)[nH]c2c1. The van der Waals surface area contributed by atoms with Gasteiger partial charge < -0.3 is 14.7 Å². The largest absolute Gasteiger partial charge is 0.494 e. The average molecular weight is 366 g/mol. The molecule has 4 rings (SSSR count). The normalized spacial score (nSPS) is 12.5. The van der Waals surface area contributed by atoms with Crippen LogP contribution in [-0.2, 0) is 0 Å². The molecule has 0 amide bonds. The molecule has 0 fully saturated rings. The van der Waals surface area contributed by atoms with Crippen molar-refractivity contribution >= 4 is 33.7 Å². The Morgan fingerprint density at radius 1 is 1.12 bits per heavy atom. The quantitative estimate of drug-likeness (QED) is 0.521. The predicted molar refractivity (Wildman–Crippen MR) is 104 cm³/mol. The van der Waals surface area contributed by atoms with Gasteiger partial charge in [-0.2, -0.15) is 0 Å². The van der Waals surface area contributed by atoms with Gasteiger partial charge in [0.25, 0.3) is 5.56 Å². The van der Waals surface area contributed by atoms with E-state index >= 15 is 0 Å². The van der Waals surface area contributed by atoms with Crippen LogP contribution in [-0.4, -0.2) is 26.5 Å². The standard InChI is InChI=1S/C19H18N4O2S/c1-3-25-12-8-9-15-16(10-12)22-19(21-15)26-11(2)17-20-14-7-5-4-6-13(14)18(24)23-17/h4-11H,3H2,1-2H3,(H,21,22)(H,20,23,24). The molecule has 1 atom stereocenters. The van der Waals surface area contributed by atoms with Crippen LogP contribution in [0.4, 0.5) is 0 Å². The fourth-order valence-corrected chi connectivity index (χ4v) is 3.68. The van der Waals surface area contributed by atoms with Crippen molar-refractivity contribution in [3.05, 3.63) is 58.6 Å². The Labute approximate surface area is 154 Å². The Balaban J connectivity index is 1.62. The third-order valence-electron chi connectivity index (χ3n) is 4.05. The van der Waals surface area contributed by atoms with E-state index in [1.54, 1.807) is 6.07 Å². The number of nitrogens with zero attached hydrogens (tertiary/aromatic N) is 2. The first-order valence-electron chi connectivity index (χ1n) is 8.42. The molecular weight excluding hydrogens is 348 g/mol. The lowest BCUT2D eigenvalue weighted by atomic mass is 10.2. The summed E-state index contributed by atoms with van der Waals surface area (Å²) >= 11 is 1.52. The third-order valence-corrected chi connectivity index (χ3v) is 5.04. The second kappa shape index (κ2) is 6.84. The summed E-state index contributed by atoms with van der Waals surface area (Å²) in [4.78, 5) is 27.6. The van der Waals surface area contributed by atoms with Gasteiger partial charge in [0.15, 0.2) is 5.16 Å². The molecule has 132 valence electrons. The minimum absolute atomic E-state index is 0.0563. The monoisotopic (exact) mass is 366 g/mol. The average Bonchev–Trinajstić information content (AvgIpc) is 3.03. The molecule has 0 radical (unpaired) electrons. The van der Waals surface area contributed by atoms with Gasteiger partial charge in [0.05, 0.1) is 33.8 Å². The smallest absolute Gasteiger partial charge is 0.258 e. The number of benzene rings is 2. The van der Waals surface area contributed by atoms with Crippen LogP contribution in [0.5, 0.6) is 5.75 Å². The summed E-state index contributed by atoms with van der Waals surface area (Å²) in [6.07, 6.45) is 0. The van der Waals surface area contributed by atoms with Crippen molar-refractivity contribution in [2.24, 2.45) is 0 Å². The van der Waals surface area contributed by atoms with Gasteiger partial charge in [-0.05, 0) is 38.1 Å². The van der Waals surface area contributed by atoms with Gasteiger partial charge in [0.2, 0.25) is 0 Å². The first kappa shape index (κ1) is 16.7. The van der Waals surface area contributed by atoms with E-state index in [1.165, 1.54) is 11.8 Å². The van der Waals surface area contributed by atoms with Gasteiger partial charge in [-0.25, -0.2) is 9.97 Å². The number of fused-ring (bicyclic) bond motifs is 2. The van der Waals surface area contributed by atoms with E-state index in [4.69, 9.17) is 4.74 Å². The zero-order valence-electron chi connectivity index (χ0n) is 14.4. The van der Waals surface area contributed by atoms with Crippen LogP contribution in [0.1, 0.15) is 24.9 Å². The topological polar surface area (TPSA) is 83.7 Å². The highest BCUT2D eigenvalue weighted by atomic mass is 32.2. The molecule has 0 aliphatic rings. The lowest BCUT2D eigenvalue weighted by molar-refractivity contribution is 0.340. The van der Waals surface area contributed by atoms with E-state index in [2.05, 4.69) is 19.9 Å². The molecular formula is C19H18N4O2S. The molecule has 1 unspecified atom stereocenters. The molecule has 4 aromatic rings. The van der Waals surface area contributed by atoms with Gasteiger partial charge in [-0.3, -0.25) is 4.79 Å². The number of ether oxygens (including phenoxy) is 1. The number of aromatic nitrogens is 4. The number of para-hydroxylation sites is 1. The summed E-state index contributed by atoms with van der Waals surface area (Å²) < 4.78 is 5.52. The van der Waals surface area contributed by atoms with E-state index in [0.29, 0.717) is 23.3 Å². The highest BCUT2D eigenvalue weighted by Crippen LogP contribution is 2.33. The molecule has 0 bridgehead atoms. The van der Waals surface area contributed by atoms with Gasteiger partial charge in [-0.1, -0.05) is 23.9 Å². The lowest BCUT2D eigenvalue weighted by Gasteiger charge is -2.09. The molecule has 0 spiro atoms. The van der Waals surface area contributed by atoms with Crippen molar-refractivity contribution in [2.75, 3.05) is 6.61 Å². The Hall–Kier alpha value is -2.80. The summed E-state index contributed by atoms with van der Waals surface area (Å²) in [7, 11) is 0. The summed E-state index contributed by atoms with van der Waals surface area (Å²) in [5.41, 5.74) is 2.38. The number of hydrogen-bond donors (Lipinski definition) is 2. The van der Waals surface area contributed by atoms with Crippen molar-refractivity contribution in [1.82, 2.24) is 19.9 Å². The van der Waals surface area contributed by atoms with Gasteiger partial charge in [-0.15, -0.1) is 0 Å². The van der Waals surface area contributed by atoms with E-state index in [-0.39, 0.29) is 10.8 Å². The van der Waals surface area contributed by atoms with Crippen molar-refractivity contribution in [3.8, 4) is 5.75 Å². The molecule has 2 aromatic carbocycles. The zero-order chi connectivity index (χ0) is 18.1. The fourth-order valence-electron chi connectivity index (χ4n) is 2.80. The van der Waals surface area contributed by atoms with Crippen LogP contribution >= 0.6 is 11.8 Å². The molecule has 6 nitrogen and oxygen atoms in total.